The van der Waals surface area contributed by atoms with Gasteiger partial charge >= 0.3 is 0 Å². The summed E-state index contributed by atoms with van der Waals surface area (Å²) in [5.41, 5.74) is 15.6. The molecule has 3 heterocycles. The molecular weight excluding hydrogens is 935 g/mol. The van der Waals surface area contributed by atoms with Gasteiger partial charge in [0.25, 0.3) is 0 Å². The van der Waals surface area contributed by atoms with Crippen molar-refractivity contribution >= 4 is 120 Å². The maximum Gasteiger partial charge on any atom is 0.159 e. The molecule has 4 nitrogen and oxygen atoms in total. The lowest BCUT2D eigenvalue weighted by molar-refractivity contribution is 0.666. The van der Waals surface area contributed by atoms with Crippen molar-refractivity contribution < 1.29 is 4.42 Å². The molecule has 0 aliphatic carbocycles. The molecule has 0 spiro atoms. The minimum absolute atomic E-state index is 0.323. The number of hydrogen-bond acceptors (Lipinski definition) is 2. The van der Waals surface area contributed by atoms with E-state index in [0.29, 0.717) is 0 Å². The molecular formula is C73H51N3O. The van der Waals surface area contributed by atoms with Crippen LogP contribution in [0.3, 0.4) is 0 Å². The summed E-state index contributed by atoms with van der Waals surface area (Å²) in [5.74, 6) is 0. The van der Waals surface area contributed by atoms with Gasteiger partial charge < -0.3 is 13.6 Å². The molecule has 0 N–H and O–H groups in total. The first-order valence-electron chi connectivity index (χ1n) is 26.6. The number of benzene rings is 12. The fourth-order valence-corrected chi connectivity index (χ4v) is 12.5. The molecule has 0 aliphatic rings. The van der Waals surface area contributed by atoms with Gasteiger partial charge in [0.05, 0.1) is 39.5 Å². The Labute approximate surface area is 445 Å². The Bertz CT molecular complexity index is 5040. The van der Waals surface area contributed by atoms with Crippen molar-refractivity contribution in [2.24, 2.45) is 4.99 Å². The van der Waals surface area contributed by atoms with Crippen molar-refractivity contribution in [3.8, 4) is 11.4 Å². The summed E-state index contributed by atoms with van der Waals surface area (Å²) in [7, 11) is 0. The standard InChI is InChI=1S/C73H51N3O/c1-44(2)70(53-31-30-47-18-8-9-21-50(47)38-53)74-71(54-33-35-60-59-28-16-17-29-64(59)75(65(60)42-54)56-24-6-5-7-25-56)46(4)45(3)55-40-63-69-57-26-14-12-19-48(57)34-37-68(69)77-73(63)67(43-55)76-66-41-52-23-11-10-22-51(52)39-62(66)61-36-32-49-20-13-15-27-58(49)72(61)76/h5-43,70H,1H2,2-4H3/b46-45+,74-71+. The Hall–Kier alpha value is -9.77. The second-order valence-corrected chi connectivity index (χ2v) is 20.9. The van der Waals surface area contributed by atoms with Crippen molar-refractivity contribution in [2.45, 2.75) is 26.8 Å². The van der Waals surface area contributed by atoms with E-state index in [4.69, 9.17) is 9.41 Å². The zero-order valence-corrected chi connectivity index (χ0v) is 43.1. The van der Waals surface area contributed by atoms with Crippen molar-refractivity contribution in [3.63, 3.8) is 0 Å². The number of hydrogen-bond donors (Lipinski definition) is 0. The van der Waals surface area contributed by atoms with Crippen molar-refractivity contribution in [1.82, 2.24) is 9.13 Å². The van der Waals surface area contributed by atoms with Gasteiger partial charge in [-0.05, 0) is 141 Å². The summed E-state index contributed by atoms with van der Waals surface area (Å²) < 4.78 is 12.1. The van der Waals surface area contributed by atoms with E-state index in [2.05, 4.69) is 273 Å². The molecule has 364 valence electrons. The fraction of sp³-hybridized carbons (Fsp3) is 0.0548. The average Bonchev–Trinajstić information content (AvgIpc) is 4.34. The minimum Gasteiger partial charge on any atom is -0.454 e. The smallest absolute Gasteiger partial charge is 0.159 e. The molecule has 0 saturated carbocycles. The number of furan rings is 1. The average molecular weight is 986 g/mol. The molecule has 12 aromatic carbocycles. The Morgan fingerprint density at radius 3 is 1.81 bits per heavy atom. The zero-order chi connectivity index (χ0) is 51.5. The van der Waals surface area contributed by atoms with Crippen molar-refractivity contribution in [3.05, 3.63) is 271 Å². The summed E-state index contributed by atoms with van der Waals surface area (Å²) in [6, 6.07) is 85.8. The Kier molecular flexibility index (Phi) is 10.1. The van der Waals surface area contributed by atoms with E-state index < -0.39 is 0 Å². The van der Waals surface area contributed by atoms with Crippen LogP contribution in [0.4, 0.5) is 0 Å². The number of rotatable bonds is 8. The molecule has 0 amide bonds. The van der Waals surface area contributed by atoms with Gasteiger partial charge in [0.2, 0.25) is 0 Å². The minimum atomic E-state index is -0.323. The maximum absolute atomic E-state index is 7.22. The second-order valence-electron chi connectivity index (χ2n) is 20.9. The van der Waals surface area contributed by atoms with Crippen LogP contribution >= 0.6 is 0 Å². The molecule has 0 aliphatic heterocycles. The summed E-state index contributed by atoms with van der Waals surface area (Å²) in [6.45, 7) is 11.3. The van der Waals surface area contributed by atoms with Crippen LogP contribution in [-0.4, -0.2) is 14.8 Å². The normalized spacial score (nSPS) is 13.2. The van der Waals surface area contributed by atoms with Crippen molar-refractivity contribution in [1.29, 1.82) is 0 Å². The molecule has 0 fully saturated rings. The quantitative estimate of drug-likeness (QED) is 0.110. The van der Waals surface area contributed by atoms with Crippen LogP contribution in [0.2, 0.25) is 0 Å². The van der Waals surface area contributed by atoms with E-state index in [1.165, 1.54) is 59.2 Å². The summed E-state index contributed by atoms with van der Waals surface area (Å²) in [5, 5.41) is 16.4. The molecule has 4 heteroatoms. The SMILES string of the molecule is C=C(C)C(/N=C(\C(C)=C(/C)c1cc(-n2c3cc4ccccc4cc3c3ccc4ccccc4c32)c2oc3ccc4ccccc4c3c2c1)c1ccc2c3ccccc3n(-c3ccccc3)c2c1)c1ccc2ccccc2c1. The highest BCUT2D eigenvalue weighted by Crippen LogP contribution is 2.45. The molecule has 15 aromatic rings. The molecule has 77 heavy (non-hydrogen) atoms. The van der Waals surface area contributed by atoms with Gasteiger partial charge in [0, 0.05) is 49.0 Å². The predicted octanol–water partition coefficient (Wildman–Crippen LogP) is 20.0. The van der Waals surface area contributed by atoms with E-state index in [1.54, 1.807) is 0 Å². The van der Waals surface area contributed by atoms with E-state index in [1.807, 2.05) is 0 Å². The largest absolute Gasteiger partial charge is 0.454 e. The van der Waals surface area contributed by atoms with E-state index in [0.717, 1.165) is 99.9 Å². The molecule has 1 unspecified atom stereocenters. The van der Waals surface area contributed by atoms with Crippen LogP contribution in [0.5, 0.6) is 0 Å². The Morgan fingerprint density at radius 1 is 0.429 bits per heavy atom. The molecule has 0 radical (unpaired) electrons. The van der Waals surface area contributed by atoms with E-state index in [-0.39, 0.29) is 6.04 Å². The first kappa shape index (κ1) is 44.7. The van der Waals surface area contributed by atoms with Gasteiger partial charge in [-0.25, -0.2) is 0 Å². The summed E-state index contributed by atoms with van der Waals surface area (Å²) in [4.78, 5) is 5.92. The highest BCUT2D eigenvalue weighted by Gasteiger charge is 2.25. The third-order valence-electron chi connectivity index (χ3n) is 16.3. The number of allylic oxidation sites excluding steroid dienone is 2. The lowest BCUT2D eigenvalue weighted by atomic mass is 9.92. The first-order chi connectivity index (χ1) is 37.8. The summed E-state index contributed by atoms with van der Waals surface area (Å²) in [6.07, 6.45) is 0. The van der Waals surface area contributed by atoms with Gasteiger partial charge in [-0.15, -0.1) is 0 Å². The van der Waals surface area contributed by atoms with Crippen molar-refractivity contribution in [2.75, 3.05) is 0 Å². The monoisotopic (exact) mass is 985 g/mol. The highest BCUT2D eigenvalue weighted by atomic mass is 16.3. The summed E-state index contributed by atoms with van der Waals surface area (Å²) >= 11 is 0. The number of aliphatic imine (C=N–C) groups is 1. The van der Waals surface area contributed by atoms with E-state index in [9.17, 15) is 0 Å². The van der Waals surface area contributed by atoms with Gasteiger partial charge in [0.15, 0.2) is 5.58 Å². The fourth-order valence-electron chi connectivity index (χ4n) is 12.5. The molecule has 0 saturated heterocycles. The molecule has 3 aromatic heterocycles. The van der Waals surface area contributed by atoms with Gasteiger partial charge in [-0.2, -0.15) is 0 Å². The first-order valence-corrected chi connectivity index (χ1v) is 26.6. The Morgan fingerprint density at radius 2 is 1.03 bits per heavy atom. The third kappa shape index (κ3) is 7.02. The third-order valence-corrected chi connectivity index (χ3v) is 16.3. The number of nitrogens with zero attached hydrogens (tertiary/aromatic N) is 3. The number of aromatic nitrogens is 2. The Balaban J connectivity index is 1.04. The molecule has 0 bridgehead atoms. The predicted molar refractivity (Wildman–Crippen MR) is 328 cm³/mol. The molecule has 15 rings (SSSR count). The van der Waals surface area contributed by atoms with Gasteiger partial charge in [-0.3, -0.25) is 4.99 Å². The van der Waals surface area contributed by atoms with Crippen LogP contribution in [0, 0.1) is 0 Å². The lowest BCUT2D eigenvalue weighted by Crippen LogP contribution is -2.10. The number of para-hydroxylation sites is 2. The van der Waals surface area contributed by atoms with Crippen LogP contribution in [0.1, 0.15) is 43.5 Å². The van der Waals surface area contributed by atoms with Gasteiger partial charge in [-0.1, -0.05) is 188 Å². The van der Waals surface area contributed by atoms with E-state index >= 15 is 0 Å². The topological polar surface area (TPSA) is 35.4 Å². The second kappa shape index (κ2) is 17.4. The van der Waals surface area contributed by atoms with Crippen LogP contribution in [0.15, 0.2) is 264 Å². The van der Waals surface area contributed by atoms with Crippen LogP contribution in [0.25, 0.3) is 126 Å². The van der Waals surface area contributed by atoms with Crippen LogP contribution < -0.4 is 0 Å². The highest BCUT2D eigenvalue weighted by molar-refractivity contribution is 6.25. The maximum atomic E-state index is 7.22. The zero-order valence-electron chi connectivity index (χ0n) is 43.1. The van der Waals surface area contributed by atoms with Crippen LogP contribution in [-0.2, 0) is 0 Å². The molecule has 1 atom stereocenters. The van der Waals surface area contributed by atoms with Gasteiger partial charge in [0.1, 0.15) is 5.58 Å². The number of fused-ring (bicyclic) bond motifs is 15. The lowest BCUT2D eigenvalue weighted by Gasteiger charge is -2.20.